The summed E-state index contributed by atoms with van der Waals surface area (Å²) in [5.41, 5.74) is 0.702. The van der Waals surface area contributed by atoms with Crippen LogP contribution in [0.25, 0.3) is 0 Å². The van der Waals surface area contributed by atoms with Crippen LogP contribution in [0.3, 0.4) is 0 Å². The average molecular weight is 277 g/mol. The molecule has 2 aliphatic heterocycles. The summed E-state index contributed by atoms with van der Waals surface area (Å²) in [7, 11) is 0. The number of piperidine rings is 1. The molecular formula is C13H19N5O2. The van der Waals surface area contributed by atoms with Crippen LogP contribution in [0.4, 0.5) is 5.69 Å². The van der Waals surface area contributed by atoms with Crippen molar-refractivity contribution >= 4 is 17.5 Å². The minimum absolute atomic E-state index is 0.0597. The van der Waals surface area contributed by atoms with E-state index in [0.29, 0.717) is 18.3 Å². The van der Waals surface area contributed by atoms with E-state index in [9.17, 15) is 9.59 Å². The van der Waals surface area contributed by atoms with Gasteiger partial charge in [0.15, 0.2) is 0 Å². The van der Waals surface area contributed by atoms with Crippen LogP contribution in [0.2, 0.25) is 0 Å². The number of hydrogen-bond donors (Lipinski definition) is 3. The molecule has 3 N–H and O–H groups in total. The van der Waals surface area contributed by atoms with Gasteiger partial charge < -0.3 is 16.0 Å². The van der Waals surface area contributed by atoms with Gasteiger partial charge in [0.05, 0.1) is 23.8 Å². The third kappa shape index (κ3) is 2.82. The number of carbonyl (C=O) groups excluding carboxylic acids is 2. The molecule has 2 saturated heterocycles. The Kier molecular flexibility index (Phi) is 3.68. The Labute approximate surface area is 117 Å². The molecule has 2 amide bonds. The van der Waals surface area contributed by atoms with Crippen LogP contribution in [0.15, 0.2) is 12.4 Å². The molecule has 1 unspecified atom stereocenters. The molecule has 1 atom stereocenters. The SMILES string of the molecule is O=C1CC(C(=O)Nc2cnn(C3CCNCC3)c2)CN1. The summed E-state index contributed by atoms with van der Waals surface area (Å²) < 4.78 is 1.93. The van der Waals surface area contributed by atoms with Crippen LogP contribution >= 0.6 is 0 Å². The van der Waals surface area contributed by atoms with Gasteiger partial charge in [-0.05, 0) is 25.9 Å². The molecule has 3 rings (SSSR count). The van der Waals surface area contributed by atoms with E-state index in [4.69, 9.17) is 0 Å². The van der Waals surface area contributed by atoms with Crippen LogP contribution in [0.5, 0.6) is 0 Å². The molecule has 2 aliphatic rings. The molecule has 1 aromatic rings. The maximum Gasteiger partial charge on any atom is 0.229 e. The van der Waals surface area contributed by atoms with Crippen LogP contribution in [0, 0.1) is 5.92 Å². The van der Waals surface area contributed by atoms with Crippen LogP contribution in [-0.2, 0) is 9.59 Å². The van der Waals surface area contributed by atoms with Crippen LogP contribution < -0.4 is 16.0 Å². The molecule has 0 bridgehead atoms. The third-order valence-corrected chi connectivity index (χ3v) is 3.90. The van der Waals surface area contributed by atoms with E-state index in [-0.39, 0.29) is 24.2 Å². The summed E-state index contributed by atoms with van der Waals surface area (Å²) in [6.07, 6.45) is 5.92. The van der Waals surface area contributed by atoms with Crippen molar-refractivity contribution < 1.29 is 9.59 Å². The highest BCUT2D eigenvalue weighted by molar-refractivity contribution is 5.96. The molecule has 7 heteroatoms. The Morgan fingerprint density at radius 1 is 1.40 bits per heavy atom. The van der Waals surface area contributed by atoms with Crippen LogP contribution in [-0.4, -0.2) is 41.2 Å². The number of rotatable bonds is 3. The first-order chi connectivity index (χ1) is 9.72. The van der Waals surface area contributed by atoms with Gasteiger partial charge in [0.2, 0.25) is 11.8 Å². The first-order valence-electron chi connectivity index (χ1n) is 7.05. The molecule has 1 aromatic heterocycles. The Morgan fingerprint density at radius 2 is 2.20 bits per heavy atom. The van der Waals surface area contributed by atoms with Crippen molar-refractivity contribution in [3.8, 4) is 0 Å². The topological polar surface area (TPSA) is 88.0 Å². The zero-order valence-corrected chi connectivity index (χ0v) is 11.3. The lowest BCUT2D eigenvalue weighted by Gasteiger charge is -2.22. The molecule has 0 aliphatic carbocycles. The fourth-order valence-corrected chi connectivity index (χ4v) is 2.71. The maximum atomic E-state index is 12.0. The highest BCUT2D eigenvalue weighted by atomic mass is 16.2. The molecule has 2 fully saturated rings. The van der Waals surface area contributed by atoms with E-state index >= 15 is 0 Å². The van der Waals surface area contributed by atoms with Gasteiger partial charge in [-0.15, -0.1) is 0 Å². The van der Waals surface area contributed by atoms with E-state index < -0.39 is 0 Å². The van der Waals surface area contributed by atoms with E-state index in [1.165, 1.54) is 0 Å². The average Bonchev–Trinajstić information content (AvgIpc) is 3.09. The van der Waals surface area contributed by atoms with E-state index in [1.807, 2.05) is 10.9 Å². The number of hydrogen-bond acceptors (Lipinski definition) is 4. The Morgan fingerprint density at radius 3 is 2.90 bits per heavy atom. The lowest BCUT2D eigenvalue weighted by molar-refractivity contribution is -0.123. The van der Waals surface area contributed by atoms with Gasteiger partial charge in [0.25, 0.3) is 0 Å². The van der Waals surface area contributed by atoms with Gasteiger partial charge in [-0.1, -0.05) is 0 Å². The van der Waals surface area contributed by atoms with Crippen molar-refractivity contribution in [2.24, 2.45) is 5.92 Å². The second kappa shape index (κ2) is 5.62. The number of carbonyl (C=O) groups is 2. The van der Waals surface area contributed by atoms with Crippen molar-refractivity contribution in [2.45, 2.75) is 25.3 Å². The smallest absolute Gasteiger partial charge is 0.229 e. The molecular weight excluding hydrogens is 258 g/mol. The number of anilines is 1. The molecule has 0 radical (unpaired) electrons. The Bertz CT molecular complexity index is 507. The minimum atomic E-state index is -0.273. The second-order valence-corrected chi connectivity index (χ2v) is 5.38. The van der Waals surface area contributed by atoms with E-state index in [1.54, 1.807) is 6.20 Å². The zero-order valence-electron chi connectivity index (χ0n) is 11.3. The summed E-state index contributed by atoms with van der Waals surface area (Å²) in [6, 6.07) is 0.400. The Hall–Kier alpha value is -1.89. The normalized spacial score (nSPS) is 23.6. The van der Waals surface area contributed by atoms with Gasteiger partial charge in [-0.2, -0.15) is 5.10 Å². The summed E-state index contributed by atoms with van der Waals surface area (Å²) >= 11 is 0. The molecule has 7 nitrogen and oxygen atoms in total. The van der Waals surface area contributed by atoms with Gasteiger partial charge in [-0.3, -0.25) is 14.3 Å². The lowest BCUT2D eigenvalue weighted by Crippen LogP contribution is -2.29. The molecule has 20 heavy (non-hydrogen) atoms. The largest absolute Gasteiger partial charge is 0.355 e. The monoisotopic (exact) mass is 277 g/mol. The summed E-state index contributed by atoms with van der Waals surface area (Å²) in [5.74, 6) is -0.450. The fraction of sp³-hybridized carbons (Fsp3) is 0.615. The highest BCUT2D eigenvalue weighted by Gasteiger charge is 2.28. The number of nitrogens with one attached hydrogen (secondary N) is 3. The van der Waals surface area contributed by atoms with E-state index in [2.05, 4.69) is 21.0 Å². The first kappa shape index (κ1) is 13.1. The zero-order chi connectivity index (χ0) is 13.9. The predicted molar refractivity (Wildman–Crippen MR) is 73.1 cm³/mol. The summed E-state index contributed by atoms with van der Waals surface area (Å²) in [5, 5.41) is 13.1. The molecule has 3 heterocycles. The van der Waals surface area contributed by atoms with Crippen molar-refractivity contribution in [3.05, 3.63) is 12.4 Å². The number of aromatic nitrogens is 2. The highest BCUT2D eigenvalue weighted by Crippen LogP contribution is 2.20. The van der Waals surface area contributed by atoms with Gasteiger partial charge in [-0.25, -0.2) is 0 Å². The van der Waals surface area contributed by atoms with E-state index in [0.717, 1.165) is 25.9 Å². The van der Waals surface area contributed by atoms with Crippen molar-refractivity contribution in [1.82, 2.24) is 20.4 Å². The van der Waals surface area contributed by atoms with Crippen molar-refractivity contribution in [3.63, 3.8) is 0 Å². The third-order valence-electron chi connectivity index (χ3n) is 3.90. The second-order valence-electron chi connectivity index (χ2n) is 5.38. The molecule has 0 spiro atoms. The minimum Gasteiger partial charge on any atom is -0.355 e. The van der Waals surface area contributed by atoms with Gasteiger partial charge in [0, 0.05) is 19.2 Å². The fourth-order valence-electron chi connectivity index (χ4n) is 2.71. The van der Waals surface area contributed by atoms with Gasteiger partial charge in [0.1, 0.15) is 0 Å². The number of amides is 2. The first-order valence-corrected chi connectivity index (χ1v) is 7.05. The van der Waals surface area contributed by atoms with Crippen molar-refractivity contribution in [1.29, 1.82) is 0 Å². The molecule has 0 saturated carbocycles. The standard InChI is InChI=1S/C13H19N5O2/c19-12-5-9(6-15-12)13(20)17-10-7-16-18(8-10)11-1-3-14-4-2-11/h7-9,11,14H,1-6H2,(H,15,19)(H,17,20). The van der Waals surface area contributed by atoms with Crippen molar-refractivity contribution in [2.75, 3.05) is 25.0 Å². The lowest BCUT2D eigenvalue weighted by atomic mass is 10.1. The quantitative estimate of drug-likeness (QED) is 0.719. The molecule has 0 aromatic carbocycles. The Balaban J connectivity index is 1.59. The summed E-state index contributed by atoms with van der Waals surface area (Å²) in [4.78, 5) is 23.1. The van der Waals surface area contributed by atoms with Crippen LogP contribution in [0.1, 0.15) is 25.3 Å². The number of nitrogens with zero attached hydrogens (tertiary/aromatic N) is 2. The predicted octanol–water partition coefficient (Wildman–Crippen LogP) is -0.118. The molecule has 108 valence electrons. The maximum absolute atomic E-state index is 12.0. The summed E-state index contributed by atoms with van der Waals surface area (Å²) in [6.45, 7) is 2.43. The van der Waals surface area contributed by atoms with Gasteiger partial charge >= 0.3 is 0 Å².